The van der Waals surface area contributed by atoms with Crippen LogP contribution in [-0.4, -0.2) is 28.6 Å². The zero-order valence-corrected chi connectivity index (χ0v) is 12.8. The minimum Gasteiger partial charge on any atom is -0.497 e. The summed E-state index contributed by atoms with van der Waals surface area (Å²) in [6.45, 7) is 0. The monoisotopic (exact) mass is 302 g/mol. The minimum absolute atomic E-state index is 0.0686. The van der Waals surface area contributed by atoms with Crippen molar-refractivity contribution in [1.29, 1.82) is 0 Å². The number of ether oxygens (including phenoxy) is 1. The van der Waals surface area contributed by atoms with Crippen molar-refractivity contribution in [3.8, 4) is 5.75 Å². The van der Waals surface area contributed by atoms with Crippen LogP contribution in [0.4, 0.5) is 0 Å². The average Bonchev–Trinajstić information content (AvgIpc) is 2.54. The van der Waals surface area contributed by atoms with Gasteiger partial charge in [0.1, 0.15) is 5.75 Å². The lowest BCUT2D eigenvalue weighted by Crippen LogP contribution is -2.14. The summed E-state index contributed by atoms with van der Waals surface area (Å²) >= 11 is 0. The molecule has 0 saturated carbocycles. The molecular formula is C17H18O3S. The molecule has 0 N–H and O–H groups in total. The molecule has 0 aromatic heterocycles. The molecule has 0 saturated heterocycles. The maximum atomic E-state index is 12.0. The molecule has 1 unspecified atom stereocenters. The predicted octanol–water partition coefficient (Wildman–Crippen LogP) is 2.87. The van der Waals surface area contributed by atoms with Crippen LogP contribution in [0.1, 0.15) is 15.9 Å². The minimum atomic E-state index is -1.14. The Labute approximate surface area is 127 Å². The number of ketones is 1. The molecule has 110 valence electrons. The highest BCUT2D eigenvalue weighted by Crippen LogP contribution is 2.12. The lowest BCUT2D eigenvalue weighted by molar-refractivity contribution is 0.102. The molecule has 1 atom stereocenters. The molecule has 0 aliphatic heterocycles. The first-order valence-electron chi connectivity index (χ1n) is 6.75. The first-order valence-corrected chi connectivity index (χ1v) is 8.24. The molecule has 0 fully saturated rings. The van der Waals surface area contributed by atoms with Crippen molar-refractivity contribution in [2.75, 3.05) is 18.6 Å². The fraction of sp³-hybridized carbons (Fsp3) is 0.235. The van der Waals surface area contributed by atoms with Crippen LogP contribution in [0, 0.1) is 0 Å². The summed E-state index contributed by atoms with van der Waals surface area (Å²) in [4.78, 5) is 12.0. The molecule has 0 radical (unpaired) electrons. The van der Waals surface area contributed by atoms with Crippen molar-refractivity contribution in [3.05, 3.63) is 65.7 Å². The van der Waals surface area contributed by atoms with Gasteiger partial charge in [-0.2, -0.15) is 0 Å². The summed E-state index contributed by atoms with van der Waals surface area (Å²) in [5.41, 5.74) is 1.71. The van der Waals surface area contributed by atoms with Crippen LogP contribution in [0.15, 0.2) is 54.6 Å². The molecule has 4 heteroatoms. The second-order valence-electron chi connectivity index (χ2n) is 4.68. The summed E-state index contributed by atoms with van der Waals surface area (Å²) in [5.74, 6) is 1.19. The lowest BCUT2D eigenvalue weighted by Gasteiger charge is -2.04. The van der Waals surface area contributed by atoms with Gasteiger partial charge >= 0.3 is 0 Å². The van der Waals surface area contributed by atoms with E-state index in [1.54, 1.807) is 31.4 Å². The third-order valence-electron chi connectivity index (χ3n) is 3.17. The summed E-state index contributed by atoms with van der Waals surface area (Å²) in [7, 11) is 0.440. The maximum Gasteiger partial charge on any atom is 0.175 e. The van der Waals surface area contributed by atoms with Crippen molar-refractivity contribution < 1.29 is 13.7 Å². The van der Waals surface area contributed by atoms with Crippen LogP contribution in [0.2, 0.25) is 0 Å². The van der Waals surface area contributed by atoms with E-state index in [0.29, 0.717) is 17.1 Å². The van der Waals surface area contributed by atoms with E-state index >= 15 is 0 Å². The van der Waals surface area contributed by atoms with Crippen LogP contribution >= 0.6 is 0 Å². The summed E-state index contributed by atoms with van der Waals surface area (Å²) < 4.78 is 17.0. The van der Waals surface area contributed by atoms with E-state index in [1.807, 2.05) is 30.3 Å². The highest BCUT2D eigenvalue weighted by Gasteiger charge is 2.11. The standard InChI is InChI=1S/C17H18O3S/c1-20-16-9-7-15(8-10-16)17(18)13-21(19)12-11-14-5-3-2-4-6-14/h2-10H,11-13H2,1H3. The Morgan fingerprint density at radius 1 is 1.05 bits per heavy atom. The second-order valence-corrected chi connectivity index (χ2v) is 6.25. The van der Waals surface area contributed by atoms with E-state index in [1.165, 1.54) is 0 Å². The van der Waals surface area contributed by atoms with Gasteiger partial charge in [0.2, 0.25) is 0 Å². The zero-order valence-electron chi connectivity index (χ0n) is 12.0. The first kappa shape index (κ1) is 15.4. The SMILES string of the molecule is COc1ccc(C(=O)CS(=O)CCc2ccccc2)cc1. The quantitative estimate of drug-likeness (QED) is 0.739. The van der Waals surface area contributed by atoms with E-state index in [-0.39, 0.29) is 11.5 Å². The number of benzene rings is 2. The highest BCUT2D eigenvalue weighted by atomic mass is 32.2. The number of Topliss-reactive ketones (excluding diaryl/α,β-unsaturated/α-hetero) is 1. The van der Waals surface area contributed by atoms with Crippen LogP contribution < -0.4 is 4.74 Å². The van der Waals surface area contributed by atoms with E-state index in [4.69, 9.17) is 4.74 Å². The molecule has 2 aromatic rings. The van der Waals surface area contributed by atoms with Crippen LogP contribution in [0.5, 0.6) is 5.75 Å². The van der Waals surface area contributed by atoms with Gasteiger partial charge in [-0.3, -0.25) is 9.00 Å². The molecule has 21 heavy (non-hydrogen) atoms. The Balaban J connectivity index is 1.85. The number of rotatable bonds is 7. The molecule has 2 aromatic carbocycles. The van der Waals surface area contributed by atoms with E-state index in [2.05, 4.69) is 0 Å². The Morgan fingerprint density at radius 3 is 2.33 bits per heavy atom. The van der Waals surface area contributed by atoms with Crippen molar-refractivity contribution in [2.45, 2.75) is 6.42 Å². The van der Waals surface area contributed by atoms with Gasteiger partial charge in [0.05, 0.1) is 12.9 Å². The van der Waals surface area contributed by atoms with Gasteiger partial charge in [-0.1, -0.05) is 30.3 Å². The van der Waals surface area contributed by atoms with Gasteiger partial charge in [0, 0.05) is 22.1 Å². The summed E-state index contributed by atoms with van der Waals surface area (Å²) in [6, 6.07) is 16.8. The fourth-order valence-corrected chi connectivity index (χ4v) is 3.02. The van der Waals surface area contributed by atoms with E-state index < -0.39 is 10.8 Å². The number of carbonyl (C=O) groups excluding carboxylic acids is 1. The number of hydrogen-bond donors (Lipinski definition) is 0. The van der Waals surface area contributed by atoms with Crippen molar-refractivity contribution in [1.82, 2.24) is 0 Å². The zero-order chi connectivity index (χ0) is 15.1. The fourth-order valence-electron chi connectivity index (χ4n) is 1.95. The Bertz CT molecular complexity index is 606. The Kier molecular flexibility index (Phi) is 5.69. The largest absolute Gasteiger partial charge is 0.497 e. The number of methoxy groups -OCH3 is 1. The van der Waals surface area contributed by atoms with Crippen LogP contribution in [0.3, 0.4) is 0 Å². The van der Waals surface area contributed by atoms with Gasteiger partial charge in [-0.25, -0.2) is 0 Å². The summed E-state index contributed by atoms with van der Waals surface area (Å²) in [6.07, 6.45) is 0.726. The number of aryl methyl sites for hydroxylation is 1. The van der Waals surface area contributed by atoms with Crippen molar-refractivity contribution in [2.24, 2.45) is 0 Å². The van der Waals surface area contributed by atoms with Gasteiger partial charge in [0.15, 0.2) is 5.78 Å². The second kappa shape index (κ2) is 7.74. The van der Waals surface area contributed by atoms with Crippen molar-refractivity contribution >= 4 is 16.6 Å². The molecule has 0 heterocycles. The molecule has 0 aliphatic rings. The number of carbonyl (C=O) groups is 1. The first-order chi connectivity index (χ1) is 10.2. The molecule has 0 bridgehead atoms. The predicted molar refractivity (Wildman–Crippen MR) is 85.3 cm³/mol. The van der Waals surface area contributed by atoms with Crippen LogP contribution in [0.25, 0.3) is 0 Å². The van der Waals surface area contributed by atoms with Crippen LogP contribution in [-0.2, 0) is 17.2 Å². The molecule has 0 amide bonds. The van der Waals surface area contributed by atoms with E-state index in [0.717, 1.165) is 12.0 Å². The average molecular weight is 302 g/mol. The van der Waals surface area contributed by atoms with Gasteiger partial charge in [-0.15, -0.1) is 0 Å². The Morgan fingerprint density at radius 2 is 1.71 bits per heavy atom. The van der Waals surface area contributed by atoms with Gasteiger partial charge < -0.3 is 4.74 Å². The molecule has 0 aliphatic carbocycles. The molecule has 2 rings (SSSR count). The molecular weight excluding hydrogens is 284 g/mol. The topological polar surface area (TPSA) is 43.4 Å². The smallest absolute Gasteiger partial charge is 0.175 e. The number of hydrogen-bond acceptors (Lipinski definition) is 3. The summed E-state index contributed by atoms with van der Waals surface area (Å²) in [5, 5.41) is 0. The third kappa shape index (κ3) is 4.83. The molecule has 0 spiro atoms. The highest BCUT2D eigenvalue weighted by molar-refractivity contribution is 7.85. The molecule has 3 nitrogen and oxygen atoms in total. The van der Waals surface area contributed by atoms with Gasteiger partial charge in [0.25, 0.3) is 0 Å². The lowest BCUT2D eigenvalue weighted by atomic mass is 10.1. The normalized spacial score (nSPS) is 11.9. The van der Waals surface area contributed by atoms with E-state index in [9.17, 15) is 9.00 Å². The maximum absolute atomic E-state index is 12.0. The Hall–Kier alpha value is -1.94. The van der Waals surface area contributed by atoms with Gasteiger partial charge in [-0.05, 0) is 36.2 Å². The van der Waals surface area contributed by atoms with Crippen molar-refractivity contribution in [3.63, 3.8) is 0 Å². The third-order valence-corrected chi connectivity index (χ3v) is 4.41.